The molecule has 3 rings (SSSR count). The zero-order chi connectivity index (χ0) is 17.8. The van der Waals surface area contributed by atoms with Crippen LogP contribution in [0.2, 0.25) is 0 Å². The monoisotopic (exact) mass is 338 g/mol. The molecule has 2 aromatic rings. The summed E-state index contributed by atoms with van der Waals surface area (Å²) in [4.78, 5) is 24.5. The van der Waals surface area contributed by atoms with E-state index in [1.54, 1.807) is 31.4 Å². The molecule has 1 aliphatic heterocycles. The van der Waals surface area contributed by atoms with E-state index in [1.165, 1.54) is 0 Å². The van der Waals surface area contributed by atoms with Crippen molar-refractivity contribution in [3.05, 3.63) is 71.5 Å². The summed E-state index contributed by atoms with van der Waals surface area (Å²) in [7, 11) is 1.55. The van der Waals surface area contributed by atoms with Crippen LogP contribution in [0.25, 0.3) is 0 Å². The molecular formula is C19H18N2O4. The molecule has 0 fully saturated rings. The van der Waals surface area contributed by atoms with Gasteiger partial charge in [0.05, 0.1) is 13.2 Å². The van der Waals surface area contributed by atoms with Crippen molar-refractivity contribution >= 4 is 17.5 Å². The van der Waals surface area contributed by atoms with Gasteiger partial charge in [-0.1, -0.05) is 30.3 Å². The Morgan fingerprint density at radius 2 is 1.84 bits per heavy atom. The van der Waals surface area contributed by atoms with Crippen LogP contribution in [0, 0.1) is 0 Å². The molecule has 1 aliphatic rings. The first-order chi connectivity index (χ1) is 12.1. The third-order valence-electron chi connectivity index (χ3n) is 3.98. The molecule has 1 atom stereocenters. The Morgan fingerprint density at radius 1 is 1.16 bits per heavy atom. The molecule has 0 saturated carbocycles. The lowest BCUT2D eigenvalue weighted by Crippen LogP contribution is -2.31. The largest absolute Gasteiger partial charge is 0.509 e. The summed E-state index contributed by atoms with van der Waals surface area (Å²) < 4.78 is 5.05. The number of amides is 2. The Kier molecular flexibility index (Phi) is 4.70. The molecule has 0 aliphatic carbocycles. The SMILES string of the molecule is COc1ccc(NC(=O)C2=C(O)C(Cc3ccccc3)NC2=O)cc1. The van der Waals surface area contributed by atoms with Crippen LogP contribution in [-0.4, -0.2) is 30.1 Å². The van der Waals surface area contributed by atoms with E-state index in [2.05, 4.69) is 10.6 Å². The fourth-order valence-corrected chi connectivity index (χ4v) is 2.67. The van der Waals surface area contributed by atoms with Gasteiger partial charge in [-0.05, 0) is 36.2 Å². The lowest BCUT2D eigenvalue weighted by Gasteiger charge is -2.10. The summed E-state index contributed by atoms with van der Waals surface area (Å²) in [5.74, 6) is -0.804. The van der Waals surface area contributed by atoms with E-state index in [0.29, 0.717) is 17.9 Å². The van der Waals surface area contributed by atoms with E-state index in [0.717, 1.165) is 5.56 Å². The Morgan fingerprint density at radius 3 is 2.48 bits per heavy atom. The molecule has 0 bridgehead atoms. The first kappa shape index (κ1) is 16.6. The Hall–Kier alpha value is -3.28. The molecule has 128 valence electrons. The molecule has 0 aromatic heterocycles. The Bertz CT molecular complexity index is 813. The normalized spacial score (nSPS) is 16.5. The second-order valence-electron chi connectivity index (χ2n) is 5.66. The average molecular weight is 338 g/mol. The van der Waals surface area contributed by atoms with E-state index in [-0.39, 0.29) is 11.3 Å². The van der Waals surface area contributed by atoms with Gasteiger partial charge in [-0.15, -0.1) is 0 Å². The Balaban J connectivity index is 1.74. The summed E-state index contributed by atoms with van der Waals surface area (Å²) in [5.41, 5.74) is 1.21. The van der Waals surface area contributed by atoms with Crippen LogP contribution in [0.15, 0.2) is 65.9 Å². The molecule has 0 radical (unpaired) electrons. The summed E-state index contributed by atoms with van der Waals surface area (Å²) in [6.07, 6.45) is 0.414. The van der Waals surface area contributed by atoms with Gasteiger partial charge in [0.15, 0.2) is 0 Å². The minimum absolute atomic E-state index is 0.236. The second kappa shape index (κ2) is 7.09. The van der Waals surface area contributed by atoms with Crippen molar-refractivity contribution in [2.75, 3.05) is 12.4 Å². The van der Waals surface area contributed by atoms with E-state index in [4.69, 9.17) is 4.74 Å². The first-order valence-electron chi connectivity index (χ1n) is 7.82. The van der Waals surface area contributed by atoms with Gasteiger partial charge in [0.25, 0.3) is 11.8 Å². The van der Waals surface area contributed by atoms with Crippen molar-refractivity contribution in [2.45, 2.75) is 12.5 Å². The van der Waals surface area contributed by atoms with Gasteiger partial charge >= 0.3 is 0 Å². The average Bonchev–Trinajstić information content (AvgIpc) is 2.90. The van der Waals surface area contributed by atoms with Gasteiger partial charge in [-0.3, -0.25) is 9.59 Å². The molecule has 2 amide bonds. The van der Waals surface area contributed by atoms with Crippen molar-refractivity contribution in [2.24, 2.45) is 0 Å². The lowest BCUT2D eigenvalue weighted by atomic mass is 10.0. The molecule has 0 spiro atoms. The summed E-state index contributed by atoms with van der Waals surface area (Å²) in [5, 5.41) is 15.6. The van der Waals surface area contributed by atoms with Crippen molar-refractivity contribution in [1.82, 2.24) is 5.32 Å². The first-order valence-corrected chi connectivity index (χ1v) is 7.82. The van der Waals surface area contributed by atoms with E-state index >= 15 is 0 Å². The number of rotatable bonds is 5. The molecule has 0 saturated heterocycles. The molecule has 25 heavy (non-hydrogen) atoms. The van der Waals surface area contributed by atoms with E-state index in [9.17, 15) is 14.7 Å². The topological polar surface area (TPSA) is 87.7 Å². The van der Waals surface area contributed by atoms with Crippen molar-refractivity contribution in [3.63, 3.8) is 0 Å². The number of carbonyl (C=O) groups is 2. The molecule has 2 aromatic carbocycles. The van der Waals surface area contributed by atoms with E-state index in [1.807, 2.05) is 30.3 Å². The fraction of sp³-hybridized carbons (Fsp3) is 0.158. The number of methoxy groups -OCH3 is 1. The van der Waals surface area contributed by atoms with Gasteiger partial charge in [-0.25, -0.2) is 0 Å². The fourth-order valence-electron chi connectivity index (χ4n) is 2.67. The summed E-state index contributed by atoms with van der Waals surface area (Å²) in [6, 6.07) is 15.5. The van der Waals surface area contributed by atoms with Gasteiger partial charge < -0.3 is 20.5 Å². The van der Waals surface area contributed by atoms with Gasteiger partial charge in [0, 0.05) is 5.69 Å². The number of ether oxygens (including phenoxy) is 1. The lowest BCUT2D eigenvalue weighted by molar-refractivity contribution is -0.120. The summed E-state index contributed by atoms with van der Waals surface area (Å²) >= 11 is 0. The van der Waals surface area contributed by atoms with Crippen LogP contribution >= 0.6 is 0 Å². The maximum atomic E-state index is 12.4. The molecule has 1 heterocycles. The predicted octanol–water partition coefficient (Wildman–Crippen LogP) is 2.19. The third-order valence-corrected chi connectivity index (χ3v) is 3.98. The predicted molar refractivity (Wildman–Crippen MR) is 93.4 cm³/mol. The zero-order valence-electron chi connectivity index (χ0n) is 13.7. The standard InChI is InChI=1S/C19H18N2O4/c1-25-14-9-7-13(8-10-14)20-18(23)16-17(22)15(21-19(16)24)11-12-5-3-2-4-6-12/h2-10,15,22H,11H2,1H3,(H,20,23)(H,21,24). The second-order valence-corrected chi connectivity index (χ2v) is 5.66. The maximum absolute atomic E-state index is 12.4. The minimum atomic E-state index is -0.643. The molecule has 1 unspecified atom stereocenters. The number of nitrogens with one attached hydrogen (secondary N) is 2. The number of aliphatic hydroxyl groups excluding tert-OH is 1. The number of hydrogen-bond donors (Lipinski definition) is 3. The van der Waals surface area contributed by atoms with Crippen LogP contribution in [0.1, 0.15) is 5.56 Å². The van der Waals surface area contributed by atoms with Gasteiger partial charge in [0.2, 0.25) is 0 Å². The zero-order valence-corrected chi connectivity index (χ0v) is 13.7. The highest BCUT2D eigenvalue weighted by atomic mass is 16.5. The van der Waals surface area contributed by atoms with Crippen LogP contribution < -0.4 is 15.4 Å². The highest BCUT2D eigenvalue weighted by Gasteiger charge is 2.36. The number of aliphatic hydroxyl groups is 1. The van der Waals surface area contributed by atoms with Gasteiger partial charge in [0.1, 0.15) is 17.1 Å². The minimum Gasteiger partial charge on any atom is -0.509 e. The van der Waals surface area contributed by atoms with Crippen LogP contribution in [0.5, 0.6) is 5.75 Å². The maximum Gasteiger partial charge on any atom is 0.264 e. The molecule has 6 nitrogen and oxygen atoms in total. The highest BCUT2D eigenvalue weighted by Crippen LogP contribution is 2.21. The molecular weight excluding hydrogens is 320 g/mol. The quantitative estimate of drug-likeness (QED) is 0.729. The van der Waals surface area contributed by atoms with Crippen LogP contribution in [0.4, 0.5) is 5.69 Å². The highest BCUT2D eigenvalue weighted by molar-refractivity contribution is 6.24. The summed E-state index contributed by atoms with van der Waals surface area (Å²) in [6.45, 7) is 0. The number of hydrogen-bond acceptors (Lipinski definition) is 4. The van der Waals surface area contributed by atoms with Gasteiger partial charge in [-0.2, -0.15) is 0 Å². The third kappa shape index (κ3) is 3.63. The molecule has 3 N–H and O–H groups in total. The number of benzene rings is 2. The smallest absolute Gasteiger partial charge is 0.264 e. The van der Waals surface area contributed by atoms with Crippen LogP contribution in [-0.2, 0) is 16.0 Å². The van der Waals surface area contributed by atoms with Crippen molar-refractivity contribution < 1.29 is 19.4 Å². The number of carbonyl (C=O) groups excluding carboxylic acids is 2. The molecule has 6 heteroatoms. The van der Waals surface area contributed by atoms with E-state index < -0.39 is 17.9 Å². The van der Waals surface area contributed by atoms with Crippen LogP contribution in [0.3, 0.4) is 0 Å². The number of anilines is 1. The van der Waals surface area contributed by atoms with Crippen molar-refractivity contribution in [3.8, 4) is 5.75 Å². The Labute approximate surface area is 145 Å². The van der Waals surface area contributed by atoms with Crippen molar-refractivity contribution in [1.29, 1.82) is 0 Å².